The van der Waals surface area contributed by atoms with Crippen molar-refractivity contribution in [1.29, 1.82) is 0 Å². The molecule has 1 aliphatic carbocycles. The molecule has 2 heterocycles. The van der Waals surface area contributed by atoms with Crippen molar-refractivity contribution >= 4 is 44.6 Å². The predicted octanol–water partition coefficient (Wildman–Crippen LogP) is 15.0. The molecular weight excluding hydrogens is 705 g/mol. The van der Waals surface area contributed by atoms with Gasteiger partial charge in [-0.2, -0.15) is 0 Å². The summed E-state index contributed by atoms with van der Waals surface area (Å²) in [5.41, 5.74) is 8.67. The van der Waals surface area contributed by atoms with E-state index in [2.05, 4.69) is 90.4 Å². The maximum absolute atomic E-state index is 11.3. The molecule has 2 aromatic heterocycles. The number of aromatic carboxylic acids is 1. The fourth-order valence-electron chi connectivity index (χ4n) is 7.73. The van der Waals surface area contributed by atoms with E-state index in [4.69, 9.17) is 0 Å². The minimum Gasteiger partial charge on any atom is -0.478 e. The van der Waals surface area contributed by atoms with Crippen LogP contribution in [0.15, 0.2) is 89.4 Å². The zero-order valence-corrected chi connectivity index (χ0v) is 32.3. The van der Waals surface area contributed by atoms with Crippen molar-refractivity contribution in [3.63, 3.8) is 0 Å². The highest BCUT2D eigenvalue weighted by atomic mass is 79.9. The second-order valence-corrected chi connectivity index (χ2v) is 16.9. The lowest BCUT2D eigenvalue weighted by Gasteiger charge is -2.33. The van der Waals surface area contributed by atoms with E-state index in [1.165, 1.54) is 131 Å². The molecule has 0 amide bonds. The number of rotatable bonds is 18. The van der Waals surface area contributed by atoms with Crippen LogP contribution in [0.4, 0.5) is 0 Å². The molecule has 5 heteroatoms. The second kappa shape index (κ2) is 16.8. The molecule has 1 aliphatic rings. The van der Waals surface area contributed by atoms with Gasteiger partial charge in [-0.05, 0) is 101 Å². The number of unbranched alkanes of at least 4 members (excludes halogenated alkanes) is 10. The summed E-state index contributed by atoms with van der Waals surface area (Å²) >= 11 is 7.50. The zero-order valence-electron chi connectivity index (χ0n) is 29.0. The summed E-state index contributed by atoms with van der Waals surface area (Å²) in [6, 6.07) is 30.4. The summed E-state index contributed by atoms with van der Waals surface area (Å²) in [5, 5.41) is 9.28. The number of benzene rings is 3. The van der Waals surface area contributed by atoms with Gasteiger partial charge in [0.2, 0.25) is 0 Å². The van der Waals surface area contributed by atoms with Crippen molar-refractivity contribution in [2.24, 2.45) is 0 Å². The summed E-state index contributed by atoms with van der Waals surface area (Å²) in [4.78, 5) is 16.3. The molecule has 6 rings (SSSR count). The Morgan fingerprint density at radius 1 is 0.571 bits per heavy atom. The zero-order chi connectivity index (χ0) is 34.2. The standard InChI is InChI=1S/C44H49BrO2S2/c1-3-5-7-9-11-13-27-44(28-14-12-10-8-6-4-2)37-29-33(19-21-35(37)36-22-20-34(45)30-38(36)44)40-24-26-42(49-40)41-25-23-39(48-41)31-15-17-32(18-16-31)43(46)47/h15-26,29-30H,3-14,27-28H2,1-2H3,(H,46,47). The maximum atomic E-state index is 11.3. The quantitative estimate of drug-likeness (QED) is 0.0905. The van der Waals surface area contributed by atoms with E-state index >= 15 is 0 Å². The van der Waals surface area contributed by atoms with E-state index in [0.717, 1.165) is 10.4 Å². The molecule has 0 radical (unpaired) electrons. The Balaban J connectivity index is 1.30. The number of hydrogen-bond acceptors (Lipinski definition) is 3. The van der Waals surface area contributed by atoms with Gasteiger partial charge < -0.3 is 5.11 Å². The molecule has 1 N–H and O–H groups in total. The van der Waals surface area contributed by atoms with Crippen LogP contribution in [0.3, 0.4) is 0 Å². The topological polar surface area (TPSA) is 37.3 Å². The molecule has 0 bridgehead atoms. The number of halogens is 1. The number of carboxylic acid groups (broad SMARTS) is 1. The van der Waals surface area contributed by atoms with Crippen LogP contribution < -0.4 is 0 Å². The minimum atomic E-state index is -0.894. The molecule has 2 nitrogen and oxygen atoms in total. The van der Waals surface area contributed by atoms with Crippen LogP contribution in [0.5, 0.6) is 0 Å². The number of carbonyl (C=O) groups is 1. The number of carboxylic acids is 1. The Labute approximate surface area is 309 Å². The Kier molecular flexibility index (Phi) is 12.3. The van der Waals surface area contributed by atoms with Crippen molar-refractivity contribution in [3.8, 4) is 41.8 Å². The molecule has 0 aliphatic heterocycles. The highest BCUT2D eigenvalue weighted by molar-refractivity contribution is 9.10. The Morgan fingerprint density at radius 2 is 1.04 bits per heavy atom. The van der Waals surface area contributed by atoms with E-state index in [1.54, 1.807) is 29.0 Å². The Bertz CT molecular complexity index is 1830. The van der Waals surface area contributed by atoms with Crippen LogP contribution in [0.1, 0.15) is 125 Å². The lowest BCUT2D eigenvalue weighted by molar-refractivity contribution is 0.0697. The first-order valence-corrected chi connectivity index (χ1v) is 20.8. The lowest BCUT2D eigenvalue weighted by atomic mass is 9.70. The van der Waals surface area contributed by atoms with Gasteiger partial charge in [-0.3, -0.25) is 0 Å². The summed E-state index contributed by atoms with van der Waals surface area (Å²) in [6.45, 7) is 4.60. The third kappa shape index (κ3) is 8.16. The molecule has 0 saturated heterocycles. The number of fused-ring (bicyclic) bond motifs is 3. The fraction of sp³-hybridized carbons (Fsp3) is 0.386. The minimum absolute atomic E-state index is 0.0545. The smallest absolute Gasteiger partial charge is 0.335 e. The number of thiophene rings is 2. The molecule has 0 fully saturated rings. The molecule has 0 atom stereocenters. The SMILES string of the molecule is CCCCCCCCC1(CCCCCCCC)c2cc(Br)ccc2-c2ccc(-c3ccc(-c4ccc(-c5ccc(C(=O)O)cc5)s4)s3)cc21. The van der Waals surface area contributed by atoms with Gasteiger partial charge in [0.25, 0.3) is 0 Å². The fourth-order valence-corrected chi connectivity index (χ4v) is 10.2. The number of hydrogen-bond donors (Lipinski definition) is 1. The molecule has 256 valence electrons. The van der Waals surface area contributed by atoms with E-state index < -0.39 is 5.97 Å². The largest absolute Gasteiger partial charge is 0.478 e. The molecule has 0 unspecified atom stereocenters. The average Bonchev–Trinajstić information content (AvgIpc) is 3.86. The normalized spacial score (nSPS) is 13.0. The van der Waals surface area contributed by atoms with Crippen LogP contribution >= 0.6 is 38.6 Å². The van der Waals surface area contributed by atoms with Gasteiger partial charge >= 0.3 is 5.97 Å². The summed E-state index contributed by atoms with van der Waals surface area (Å²) < 4.78 is 1.19. The van der Waals surface area contributed by atoms with Gasteiger partial charge in [0.15, 0.2) is 0 Å². The van der Waals surface area contributed by atoms with E-state index in [0.29, 0.717) is 5.56 Å². The van der Waals surface area contributed by atoms with E-state index in [9.17, 15) is 9.90 Å². The van der Waals surface area contributed by atoms with Gasteiger partial charge in [-0.15, -0.1) is 22.7 Å². The van der Waals surface area contributed by atoms with Crippen LogP contribution in [0, 0.1) is 0 Å². The van der Waals surface area contributed by atoms with Crippen molar-refractivity contribution in [2.45, 2.75) is 109 Å². The molecule has 0 saturated carbocycles. The van der Waals surface area contributed by atoms with Crippen molar-refractivity contribution < 1.29 is 9.90 Å². The predicted molar refractivity (Wildman–Crippen MR) is 215 cm³/mol. The maximum Gasteiger partial charge on any atom is 0.335 e. The van der Waals surface area contributed by atoms with E-state index in [1.807, 2.05) is 23.5 Å². The first-order valence-electron chi connectivity index (χ1n) is 18.4. The van der Waals surface area contributed by atoms with Gasteiger partial charge in [0, 0.05) is 29.4 Å². The van der Waals surface area contributed by atoms with Crippen molar-refractivity contribution in [2.75, 3.05) is 0 Å². The third-order valence-electron chi connectivity index (χ3n) is 10.4. The summed E-state index contributed by atoms with van der Waals surface area (Å²) in [7, 11) is 0. The van der Waals surface area contributed by atoms with Crippen molar-refractivity contribution in [1.82, 2.24) is 0 Å². The Hall–Kier alpha value is -2.99. The molecule has 3 aromatic carbocycles. The lowest BCUT2D eigenvalue weighted by Crippen LogP contribution is -2.25. The molecule has 0 spiro atoms. The molecule has 5 aromatic rings. The van der Waals surface area contributed by atoms with Gasteiger partial charge in [0.1, 0.15) is 0 Å². The van der Waals surface area contributed by atoms with Crippen LogP contribution in [0.2, 0.25) is 0 Å². The molecule has 49 heavy (non-hydrogen) atoms. The van der Waals surface area contributed by atoms with E-state index in [-0.39, 0.29) is 5.41 Å². The third-order valence-corrected chi connectivity index (χ3v) is 13.4. The summed E-state index contributed by atoms with van der Waals surface area (Å²) in [5.74, 6) is -0.894. The monoisotopic (exact) mass is 752 g/mol. The summed E-state index contributed by atoms with van der Waals surface area (Å²) in [6.07, 6.45) is 18.3. The highest BCUT2D eigenvalue weighted by Crippen LogP contribution is 2.56. The second-order valence-electron chi connectivity index (χ2n) is 13.8. The van der Waals surface area contributed by atoms with Gasteiger partial charge in [0.05, 0.1) is 5.56 Å². The van der Waals surface area contributed by atoms with Crippen LogP contribution in [-0.2, 0) is 5.41 Å². The molecular formula is C44H49BrO2S2. The van der Waals surface area contributed by atoms with Gasteiger partial charge in [-0.25, -0.2) is 4.79 Å². The average molecular weight is 754 g/mol. The van der Waals surface area contributed by atoms with Crippen LogP contribution in [0.25, 0.3) is 41.8 Å². The van der Waals surface area contributed by atoms with Crippen LogP contribution in [-0.4, -0.2) is 11.1 Å². The van der Waals surface area contributed by atoms with Crippen molar-refractivity contribution in [3.05, 3.63) is 106 Å². The first kappa shape index (κ1) is 35.8. The Morgan fingerprint density at radius 3 is 1.61 bits per heavy atom. The first-order chi connectivity index (χ1) is 23.9. The van der Waals surface area contributed by atoms with Gasteiger partial charge in [-0.1, -0.05) is 137 Å². The highest BCUT2D eigenvalue weighted by Gasteiger charge is 2.42.